The van der Waals surface area contributed by atoms with E-state index in [1.165, 1.54) is 12.3 Å². The summed E-state index contributed by atoms with van der Waals surface area (Å²) in [6.45, 7) is -0.680. The Labute approximate surface area is 88.0 Å². The minimum Gasteiger partial charge on any atom is -0.480 e. The van der Waals surface area contributed by atoms with Crippen molar-refractivity contribution in [3.8, 4) is 0 Å². The zero-order valence-corrected chi connectivity index (χ0v) is 8.01. The highest BCUT2D eigenvalue weighted by Gasteiger charge is 2.10. The van der Waals surface area contributed by atoms with Gasteiger partial charge in [-0.1, -0.05) is 0 Å². The normalized spacial score (nSPS) is 10.5. The van der Waals surface area contributed by atoms with Crippen molar-refractivity contribution in [2.75, 3.05) is 0 Å². The van der Waals surface area contributed by atoms with Crippen molar-refractivity contribution in [3.05, 3.63) is 39.2 Å². The number of aromatic nitrogens is 3. The Morgan fingerprint density at radius 2 is 2.25 bits per heavy atom. The molecule has 82 valence electrons. The Balaban J connectivity index is 2.81. The number of hydrogen-bond acceptors (Lipinski definition) is 4. The van der Waals surface area contributed by atoms with E-state index in [9.17, 15) is 14.4 Å². The minimum atomic E-state index is -1.26. The van der Waals surface area contributed by atoms with Crippen molar-refractivity contribution in [1.82, 2.24) is 14.5 Å². The summed E-state index contributed by atoms with van der Waals surface area (Å²) in [5.74, 6) is -1.26. The maximum atomic E-state index is 11.7. The van der Waals surface area contributed by atoms with Crippen molar-refractivity contribution in [2.45, 2.75) is 6.54 Å². The molecular weight excluding hydrogens is 214 g/mol. The molecule has 0 saturated carbocycles. The summed E-state index contributed by atoms with van der Waals surface area (Å²) in [5.41, 5.74) is -1.13. The SMILES string of the molecule is O=C(O)Cn1c(=O)[nH]c2cccnc2c1=O. The largest absolute Gasteiger partial charge is 0.480 e. The number of carboxylic acids is 1. The number of H-pyrrole nitrogens is 1. The molecule has 2 aromatic heterocycles. The molecular formula is C9H7N3O4. The molecule has 0 unspecified atom stereocenters. The Bertz CT molecular complexity index is 670. The fourth-order valence-electron chi connectivity index (χ4n) is 1.36. The van der Waals surface area contributed by atoms with E-state index in [1.54, 1.807) is 6.07 Å². The van der Waals surface area contributed by atoms with Gasteiger partial charge in [0.15, 0.2) is 5.52 Å². The van der Waals surface area contributed by atoms with E-state index < -0.39 is 23.8 Å². The second-order valence-electron chi connectivity index (χ2n) is 3.11. The lowest BCUT2D eigenvalue weighted by molar-refractivity contribution is -0.137. The molecule has 0 fully saturated rings. The smallest absolute Gasteiger partial charge is 0.329 e. The molecule has 7 heteroatoms. The highest BCUT2D eigenvalue weighted by molar-refractivity contribution is 5.72. The molecule has 0 bridgehead atoms. The van der Waals surface area contributed by atoms with Gasteiger partial charge in [0.05, 0.1) is 5.52 Å². The van der Waals surface area contributed by atoms with E-state index >= 15 is 0 Å². The Morgan fingerprint density at radius 3 is 2.94 bits per heavy atom. The zero-order chi connectivity index (χ0) is 11.7. The summed E-state index contributed by atoms with van der Waals surface area (Å²) in [7, 11) is 0. The number of nitrogens with zero attached hydrogens (tertiary/aromatic N) is 2. The fraction of sp³-hybridized carbons (Fsp3) is 0.111. The van der Waals surface area contributed by atoms with E-state index in [4.69, 9.17) is 5.11 Å². The third kappa shape index (κ3) is 1.58. The maximum absolute atomic E-state index is 11.7. The van der Waals surface area contributed by atoms with Crippen molar-refractivity contribution in [2.24, 2.45) is 0 Å². The van der Waals surface area contributed by atoms with Gasteiger partial charge in [-0.3, -0.25) is 9.59 Å². The van der Waals surface area contributed by atoms with Crippen LogP contribution >= 0.6 is 0 Å². The quantitative estimate of drug-likeness (QED) is 0.688. The molecule has 16 heavy (non-hydrogen) atoms. The first-order valence-corrected chi connectivity index (χ1v) is 4.39. The molecule has 0 aromatic carbocycles. The number of carboxylic acid groups (broad SMARTS) is 1. The molecule has 2 heterocycles. The fourth-order valence-corrected chi connectivity index (χ4v) is 1.36. The van der Waals surface area contributed by atoms with Gasteiger partial charge >= 0.3 is 11.7 Å². The molecule has 0 spiro atoms. The highest BCUT2D eigenvalue weighted by Crippen LogP contribution is 1.98. The molecule has 0 aliphatic rings. The topological polar surface area (TPSA) is 105 Å². The minimum absolute atomic E-state index is 0.0448. The Hall–Kier alpha value is -2.44. The van der Waals surface area contributed by atoms with Crippen LogP contribution in [0.1, 0.15) is 0 Å². The second kappa shape index (κ2) is 3.61. The van der Waals surface area contributed by atoms with Crippen LogP contribution < -0.4 is 11.2 Å². The van der Waals surface area contributed by atoms with Crippen LogP contribution in [0.25, 0.3) is 11.0 Å². The number of pyridine rings is 1. The predicted molar refractivity (Wildman–Crippen MR) is 54.3 cm³/mol. The number of carbonyl (C=O) groups is 1. The van der Waals surface area contributed by atoms with Gasteiger partial charge in [-0.15, -0.1) is 0 Å². The number of fused-ring (bicyclic) bond motifs is 1. The van der Waals surface area contributed by atoms with E-state index in [0.717, 1.165) is 0 Å². The number of rotatable bonds is 2. The van der Waals surface area contributed by atoms with Crippen LogP contribution in [0.2, 0.25) is 0 Å². The van der Waals surface area contributed by atoms with E-state index in [-0.39, 0.29) is 5.52 Å². The monoisotopic (exact) mass is 221 g/mol. The molecule has 0 aliphatic carbocycles. The van der Waals surface area contributed by atoms with Crippen LogP contribution in [-0.4, -0.2) is 25.6 Å². The molecule has 0 amide bonds. The van der Waals surface area contributed by atoms with Gasteiger partial charge in [-0.05, 0) is 12.1 Å². The lowest BCUT2D eigenvalue weighted by Gasteiger charge is -2.01. The van der Waals surface area contributed by atoms with Crippen LogP contribution in [0, 0.1) is 0 Å². The summed E-state index contributed by atoms with van der Waals surface area (Å²) in [5, 5.41) is 8.55. The highest BCUT2D eigenvalue weighted by atomic mass is 16.4. The summed E-state index contributed by atoms with van der Waals surface area (Å²) in [4.78, 5) is 39.8. The number of nitrogens with one attached hydrogen (secondary N) is 1. The molecule has 7 nitrogen and oxygen atoms in total. The van der Waals surface area contributed by atoms with Crippen LogP contribution in [-0.2, 0) is 11.3 Å². The van der Waals surface area contributed by atoms with Gasteiger partial charge < -0.3 is 10.1 Å². The summed E-state index contributed by atoms with van der Waals surface area (Å²) in [6, 6.07) is 3.09. The average molecular weight is 221 g/mol. The molecule has 0 atom stereocenters. The van der Waals surface area contributed by atoms with E-state index in [0.29, 0.717) is 10.1 Å². The van der Waals surface area contributed by atoms with Crippen molar-refractivity contribution < 1.29 is 9.90 Å². The first-order chi connectivity index (χ1) is 7.59. The Kier molecular flexibility index (Phi) is 2.28. The van der Waals surface area contributed by atoms with Gasteiger partial charge in [0, 0.05) is 6.20 Å². The van der Waals surface area contributed by atoms with E-state index in [1.807, 2.05) is 0 Å². The van der Waals surface area contributed by atoms with Gasteiger partial charge in [0.1, 0.15) is 6.54 Å². The first kappa shape index (κ1) is 10.1. The first-order valence-electron chi connectivity index (χ1n) is 4.39. The molecule has 0 radical (unpaired) electrons. The lowest BCUT2D eigenvalue weighted by Crippen LogP contribution is -2.37. The van der Waals surface area contributed by atoms with Gasteiger partial charge in [-0.25, -0.2) is 14.3 Å². The number of aromatic amines is 1. The second-order valence-corrected chi connectivity index (χ2v) is 3.11. The van der Waals surface area contributed by atoms with Crippen molar-refractivity contribution >= 4 is 17.0 Å². The average Bonchev–Trinajstić information content (AvgIpc) is 2.24. The summed E-state index contributed by atoms with van der Waals surface area (Å²) < 4.78 is 0.595. The number of hydrogen-bond donors (Lipinski definition) is 2. The van der Waals surface area contributed by atoms with Crippen LogP contribution in [0.15, 0.2) is 27.9 Å². The maximum Gasteiger partial charge on any atom is 0.329 e. The van der Waals surface area contributed by atoms with Gasteiger partial charge in [0.2, 0.25) is 0 Å². The van der Waals surface area contributed by atoms with Crippen LogP contribution in [0.3, 0.4) is 0 Å². The molecule has 0 saturated heterocycles. The summed E-state index contributed by atoms with van der Waals surface area (Å²) in [6.07, 6.45) is 1.40. The number of aliphatic carboxylic acids is 1. The standard InChI is InChI=1S/C9H7N3O4/c13-6(14)4-12-8(15)7-5(11-9(12)16)2-1-3-10-7/h1-3H,4H2,(H,11,16)(H,13,14). The lowest BCUT2D eigenvalue weighted by atomic mass is 10.3. The zero-order valence-electron chi connectivity index (χ0n) is 8.01. The Morgan fingerprint density at radius 1 is 1.50 bits per heavy atom. The third-order valence-corrected chi connectivity index (χ3v) is 2.04. The predicted octanol–water partition coefficient (Wildman–Crippen LogP) is -0.831. The summed E-state index contributed by atoms with van der Waals surface area (Å²) >= 11 is 0. The molecule has 0 aliphatic heterocycles. The third-order valence-electron chi connectivity index (χ3n) is 2.04. The van der Waals surface area contributed by atoms with Crippen molar-refractivity contribution in [1.29, 1.82) is 0 Å². The van der Waals surface area contributed by atoms with E-state index in [2.05, 4.69) is 9.97 Å². The van der Waals surface area contributed by atoms with Gasteiger partial charge in [0.25, 0.3) is 5.56 Å². The molecule has 2 N–H and O–H groups in total. The molecule has 2 rings (SSSR count). The van der Waals surface area contributed by atoms with Crippen molar-refractivity contribution in [3.63, 3.8) is 0 Å². The van der Waals surface area contributed by atoms with Crippen LogP contribution in [0.5, 0.6) is 0 Å². The van der Waals surface area contributed by atoms with Gasteiger partial charge in [-0.2, -0.15) is 0 Å². The van der Waals surface area contributed by atoms with Crippen LogP contribution in [0.4, 0.5) is 0 Å². The molecule has 2 aromatic rings.